The molecule has 0 saturated carbocycles. The summed E-state index contributed by atoms with van der Waals surface area (Å²) in [6, 6.07) is 13.8. The fourth-order valence-corrected chi connectivity index (χ4v) is 2.55. The van der Waals surface area contributed by atoms with Gasteiger partial charge in [-0.2, -0.15) is 0 Å². The van der Waals surface area contributed by atoms with Gasteiger partial charge in [0, 0.05) is 17.1 Å². The Morgan fingerprint density at radius 2 is 1.88 bits per heavy atom. The molecule has 0 bridgehead atoms. The molecule has 126 valence electrons. The summed E-state index contributed by atoms with van der Waals surface area (Å²) in [5.41, 5.74) is 7.43. The largest absolute Gasteiger partial charge is 0.352 e. The van der Waals surface area contributed by atoms with Crippen LogP contribution in [0.2, 0.25) is 5.02 Å². The predicted molar refractivity (Wildman–Crippen MR) is 94.8 cm³/mol. The number of nitrogens with two attached hydrogens (primary N) is 1. The number of urea groups is 1. The van der Waals surface area contributed by atoms with Crippen LogP contribution in [0.1, 0.15) is 40.9 Å². The number of rotatable bonds is 6. The van der Waals surface area contributed by atoms with Crippen LogP contribution in [0.15, 0.2) is 48.5 Å². The molecule has 6 heteroatoms. The van der Waals surface area contributed by atoms with E-state index in [4.69, 9.17) is 17.3 Å². The molecule has 0 aromatic heterocycles. The minimum Gasteiger partial charge on any atom is -0.352 e. The van der Waals surface area contributed by atoms with Gasteiger partial charge in [-0.1, -0.05) is 42.8 Å². The van der Waals surface area contributed by atoms with E-state index in [1.54, 1.807) is 30.3 Å². The number of carbonyl (C=O) groups is 2. The molecule has 0 aliphatic heterocycles. The molecule has 4 N–H and O–H groups in total. The zero-order chi connectivity index (χ0) is 17.5. The molecule has 2 aromatic rings. The minimum atomic E-state index is -0.580. The first-order valence-electron chi connectivity index (χ1n) is 7.68. The number of carbonyl (C=O) groups excluding carboxylic acids is 2. The first kappa shape index (κ1) is 17.8. The zero-order valence-electron chi connectivity index (χ0n) is 13.4. The van der Waals surface area contributed by atoms with Gasteiger partial charge in [-0.25, -0.2) is 4.79 Å². The highest BCUT2D eigenvalue weighted by Gasteiger charge is 2.14. The summed E-state index contributed by atoms with van der Waals surface area (Å²) in [4.78, 5) is 23.1. The van der Waals surface area contributed by atoms with Crippen molar-refractivity contribution in [1.29, 1.82) is 0 Å². The van der Waals surface area contributed by atoms with Crippen molar-refractivity contribution in [3.63, 3.8) is 0 Å². The number of benzene rings is 2. The van der Waals surface area contributed by atoms with Crippen LogP contribution in [0.4, 0.5) is 4.79 Å². The van der Waals surface area contributed by atoms with Crippen molar-refractivity contribution in [3.05, 3.63) is 70.2 Å². The summed E-state index contributed by atoms with van der Waals surface area (Å²) in [6.45, 7) is 2.34. The molecule has 0 fully saturated rings. The molecule has 2 aromatic carbocycles. The Bertz CT molecular complexity index is 716. The van der Waals surface area contributed by atoms with Gasteiger partial charge in [-0.15, -0.1) is 0 Å². The zero-order valence-corrected chi connectivity index (χ0v) is 14.1. The van der Waals surface area contributed by atoms with Crippen molar-refractivity contribution in [2.24, 2.45) is 5.73 Å². The molecule has 0 radical (unpaired) electrons. The highest BCUT2D eigenvalue weighted by atomic mass is 35.5. The van der Waals surface area contributed by atoms with E-state index in [1.165, 1.54) is 0 Å². The molecule has 1 unspecified atom stereocenters. The summed E-state index contributed by atoms with van der Waals surface area (Å²) >= 11 is 6.02. The van der Waals surface area contributed by atoms with E-state index >= 15 is 0 Å². The highest BCUT2D eigenvalue weighted by Crippen LogP contribution is 2.21. The third-order valence-corrected chi connectivity index (χ3v) is 3.88. The maximum atomic E-state index is 12.4. The lowest BCUT2D eigenvalue weighted by atomic mass is 10.0. The van der Waals surface area contributed by atoms with E-state index in [2.05, 4.69) is 10.6 Å². The standard InChI is InChI=1S/C18H20ClN3O2/c1-2-16(14-4-3-5-15(19)10-14)22-17(23)13-8-6-12(7-9-13)11-21-18(20)24/h3-10,16H,2,11H2,1H3,(H,22,23)(H3,20,21,24). The predicted octanol–water partition coefficient (Wildman–Crippen LogP) is 3.39. The minimum absolute atomic E-state index is 0.104. The van der Waals surface area contributed by atoms with Gasteiger partial charge in [0.2, 0.25) is 0 Å². The second-order valence-corrected chi connectivity index (χ2v) is 5.84. The van der Waals surface area contributed by atoms with Gasteiger partial charge in [0.25, 0.3) is 5.91 Å². The van der Waals surface area contributed by atoms with Crippen LogP contribution >= 0.6 is 11.6 Å². The van der Waals surface area contributed by atoms with Crippen molar-refractivity contribution in [1.82, 2.24) is 10.6 Å². The van der Waals surface area contributed by atoms with Crippen LogP contribution in [0.3, 0.4) is 0 Å². The quantitative estimate of drug-likeness (QED) is 0.749. The average Bonchev–Trinajstić information content (AvgIpc) is 2.58. The van der Waals surface area contributed by atoms with Crippen LogP contribution < -0.4 is 16.4 Å². The van der Waals surface area contributed by atoms with E-state index in [-0.39, 0.29) is 11.9 Å². The van der Waals surface area contributed by atoms with Gasteiger partial charge in [-0.3, -0.25) is 4.79 Å². The molecule has 5 nitrogen and oxygen atoms in total. The number of amides is 3. The van der Waals surface area contributed by atoms with Crippen LogP contribution in [-0.2, 0) is 6.54 Å². The van der Waals surface area contributed by atoms with E-state index in [0.29, 0.717) is 17.1 Å². The SMILES string of the molecule is CCC(NC(=O)c1ccc(CNC(N)=O)cc1)c1cccc(Cl)c1. The first-order valence-corrected chi connectivity index (χ1v) is 8.06. The lowest BCUT2D eigenvalue weighted by Crippen LogP contribution is -2.29. The fourth-order valence-electron chi connectivity index (χ4n) is 2.35. The summed E-state index contributed by atoms with van der Waals surface area (Å²) in [6.07, 6.45) is 0.757. The molecule has 24 heavy (non-hydrogen) atoms. The number of nitrogens with one attached hydrogen (secondary N) is 2. The van der Waals surface area contributed by atoms with Gasteiger partial charge in [0.1, 0.15) is 0 Å². The third kappa shape index (κ3) is 4.99. The Morgan fingerprint density at radius 1 is 1.17 bits per heavy atom. The van der Waals surface area contributed by atoms with Crippen LogP contribution in [0.25, 0.3) is 0 Å². The number of primary amides is 1. The molecular formula is C18H20ClN3O2. The second-order valence-electron chi connectivity index (χ2n) is 5.40. The van der Waals surface area contributed by atoms with E-state index in [9.17, 15) is 9.59 Å². The van der Waals surface area contributed by atoms with Crippen LogP contribution in [0, 0.1) is 0 Å². The Morgan fingerprint density at radius 3 is 2.46 bits per heavy atom. The van der Waals surface area contributed by atoms with E-state index < -0.39 is 6.03 Å². The summed E-state index contributed by atoms with van der Waals surface area (Å²) in [5.74, 6) is -0.156. The lowest BCUT2D eigenvalue weighted by Gasteiger charge is -2.18. The maximum Gasteiger partial charge on any atom is 0.312 e. The number of hydrogen-bond donors (Lipinski definition) is 3. The van der Waals surface area contributed by atoms with E-state index in [0.717, 1.165) is 17.5 Å². The van der Waals surface area contributed by atoms with Gasteiger partial charge < -0.3 is 16.4 Å². The Hall–Kier alpha value is -2.53. The third-order valence-electron chi connectivity index (χ3n) is 3.65. The average molecular weight is 346 g/mol. The van der Waals surface area contributed by atoms with Crippen LogP contribution in [0.5, 0.6) is 0 Å². The molecule has 1 atom stereocenters. The van der Waals surface area contributed by atoms with Crippen molar-refractivity contribution in [2.45, 2.75) is 25.9 Å². The first-order chi connectivity index (χ1) is 11.5. The number of halogens is 1. The summed E-state index contributed by atoms with van der Waals surface area (Å²) in [7, 11) is 0. The topological polar surface area (TPSA) is 84.2 Å². The fraction of sp³-hybridized carbons (Fsp3) is 0.222. The van der Waals surface area contributed by atoms with Crippen molar-refractivity contribution in [2.75, 3.05) is 0 Å². The Balaban J connectivity index is 2.03. The molecule has 0 saturated heterocycles. The Labute approximate surface area is 146 Å². The van der Waals surface area contributed by atoms with Crippen molar-refractivity contribution < 1.29 is 9.59 Å². The monoisotopic (exact) mass is 345 g/mol. The smallest absolute Gasteiger partial charge is 0.312 e. The number of hydrogen-bond acceptors (Lipinski definition) is 2. The molecule has 0 aliphatic carbocycles. The highest BCUT2D eigenvalue weighted by molar-refractivity contribution is 6.30. The lowest BCUT2D eigenvalue weighted by molar-refractivity contribution is 0.0935. The van der Waals surface area contributed by atoms with Crippen LogP contribution in [-0.4, -0.2) is 11.9 Å². The molecular weight excluding hydrogens is 326 g/mol. The summed E-state index contributed by atoms with van der Waals surface area (Å²) in [5, 5.41) is 6.16. The Kier molecular flexibility index (Phi) is 6.21. The molecule has 0 aliphatic rings. The molecule has 0 heterocycles. The van der Waals surface area contributed by atoms with Gasteiger partial charge in [0.15, 0.2) is 0 Å². The van der Waals surface area contributed by atoms with E-state index in [1.807, 2.05) is 25.1 Å². The van der Waals surface area contributed by atoms with Gasteiger partial charge >= 0.3 is 6.03 Å². The normalized spacial score (nSPS) is 11.6. The second kappa shape index (κ2) is 8.36. The summed E-state index contributed by atoms with van der Waals surface area (Å²) < 4.78 is 0. The molecule has 3 amide bonds. The molecule has 0 spiro atoms. The van der Waals surface area contributed by atoms with Gasteiger partial charge in [0.05, 0.1) is 6.04 Å². The van der Waals surface area contributed by atoms with Gasteiger partial charge in [-0.05, 0) is 41.8 Å². The molecule has 2 rings (SSSR count). The van der Waals surface area contributed by atoms with Crippen molar-refractivity contribution >= 4 is 23.5 Å². The maximum absolute atomic E-state index is 12.4. The van der Waals surface area contributed by atoms with Crippen molar-refractivity contribution in [3.8, 4) is 0 Å².